The van der Waals surface area contributed by atoms with Crippen molar-refractivity contribution >= 4 is 34.9 Å². The molecule has 0 spiro atoms. The van der Waals surface area contributed by atoms with Gasteiger partial charge in [0, 0.05) is 53.7 Å². The smallest absolute Gasteiger partial charge is 0.574 e. The topological polar surface area (TPSA) is 79.8 Å². The first-order chi connectivity index (χ1) is 21.5. The maximum Gasteiger partial charge on any atom is 2.00 e. The molecule has 243 valence electrons. The van der Waals surface area contributed by atoms with Gasteiger partial charge in [-0.25, -0.2) is 0 Å². The van der Waals surface area contributed by atoms with Crippen LogP contribution in [0.3, 0.4) is 0 Å². The Labute approximate surface area is 292 Å². The zero-order valence-electron chi connectivity index (χ0n) is 26.8. The molecule has 6 rings (SSSR count). The summed E-state index contributed by atoms with van der Waals surface area (Å²) in [6, 6.07) is 34.8. The van der Waals surface area contributed by atoms with Crippen molar-refractivity contribution in [1.82, 2.24) is 30.4 Å². The van der Waals surface area contributed by atoms with Crippen LogP contribution in [0.15, 0.2) is 122 Å². The number of pyridine rings is 2. The Bertz CT molecular complexity index is 1610. The van der Waals surface area contributed by atoms with Crippen LogP contribution in [0.25, 0.3) is 22.8 Å². The third kappa shape index (κ3) is 14.9. The van der Waals surface area contributed by atoms with Gasteiger partial charge in [-0.1, -0.05) is 66.0 Å². The number of benzene rings is 2. The maximum atomic E-state index is 12.2. The Morgan fingerprint density at radius 2 is 0.979 bits per heavy atom. The molecule has 4 heterocycles. The molecule has 0 aliphatic heterocycles. The van der Waals surface area contributed by atoms with E-state index in [1.54, 1.807) is 24.4 Å². The zero-order chi connectivity index (χ0) is 32.7. The number of aromatic nitrogens is 6. The molecule has 0 amide bonds. The van der Waals surface area contributed by atoms with Gasteiger partial charge in [-0.05, 0) is 61.5 Å². The van der Waals surface area contributed by atoms with Gasteiger partial charge in [0.2, 0.25) is 0 Å². The van der Waals surface area contributed by atoms with E-state index in [4.69, 9.17) is 0 Å². The second-order valence-corrected chi connectivity index (χ2v) is 15.3. The van der Waals surface area contributed by atoms with Gasteiger partial charge in [0.05, 0.1) is 37.3 Å². The molecular formula is C34H37BF3N6OsP2+2. The Hall–Kier alpha value is -3.49. The van der Waals surface area contributed by atoms with E-state index in [0.29, 0.717) is 5.69 Å². The van der Waals surface area contributed by atoms with Gasteiger partial charge in [-0.2, -0.15) is 13.2 Å². The van der Waals surface area contributed by atoms with E-state index in [9.17, 15) is 13.2 Å². The van der Waals surface area contributed by atoms with Crippen molar-refractivity contribution < 1.29 is 33.0 Å². The molecule has 3 radical (unpaired) electrons. The Morgan fingerprint density at radius 1 is 0.574 bits per heavy atom. The molecule has 0 aliphatic carbocycles. The van der Waals surface area contributed by atoms with Crippen LogP contribution in [-0.4, -0.2) is 55.2 Å². The van der Waals surface area contributed by atoms with Crippen molar-refractivity contribution in [2.24, 2.45) is 0 Å². The monoisotopic (exact) mass is 851 g/mol. The van der Waals surface area contributed by atoms with Crippen molar-refractivity contribution in [3.63, 3.8) is 0 Å². The molecule has 0 saturated carbocycles. The third-order valence-corrected chi connectivity index (χ3v) is 9.02. The summed E-state index contributed by atoms with van der Waals surface area (Å²) in [6.07, 6.45) is -1.23. The number of halogens is 3. The van der Waals surface area contributed by atoms with Crippen molar-refractivity contribution in [1.29, 1.82) is 0 Å². The second-order valence-electron chi connectivity index (χ2n) is 10.1. The summed E-state index contributed by atoms with van der Waals surface area (Å²) < 4.78 is 36.6. The normalized spacial score (nSPS) is 10.2. The minimum Gasteiger partial charge on any atom is -0.574 e. The van der Waals surface area contributed by atoms with Crippen LogP contribution in [0.2, 0.25) is 0 Å². The molecule has 0 fully saturated rings. The number of alkyl halides is 3. The summed E-state index contributed by atoms with van der Waals surface area (Å²) in [4.78, 5) is 8.03. The largest absolute Gasteiger partial charge is 2.00 e. The van der Waals surface area contributed by atoms with Gasteiger partial charge >= 0.3 is 26.0 Å². The molecule has 6 aromatic rings. The van der Waals surface area contributed by atoms with Gasteiger partial charge in [0.1, 0.15) is 5.69 Å². The van der Waals surface area contributed by atoms with Crippen LogP contribution >= 0.6 is 15.8 Å². The standard InChI is InChI=1S/C9H5F3N3.C9H8N3.2C8H11P.B.Os/c10-9(11,12)8-5-7(14-15-8)6-3-1-2-4-13-6;1-7-6-9(12-11-7)8-4-2-3-5-10-8;2*1-9(2)8-6-4-3-5-7-8;;/h1-5H;2-6H,1H3;2*3-7H,1-2H3;;/q2*-1;;;;+2/p+2. The summed E-state index contributed by atoms with van der Waals surface area (Å²) in [5, 5.41) is 17.4. The Morgan fingerprint density at radius 3 is 1.28 bits per heavy atom. The molecule has 13 heteroatoms. The van der Waals surface area contributed by atoms with Gasteiger partial charge in [-0.15, -0.1) is 0 Å². The van der Waals surface area contributed by atoms with E-state index in [-0.39, 0.29) is 49.7 Å². The number of hydrogen-bond donors (Lipinski definition) is 0. The molecule has 0 unspecified atom stereocenters. The van der Waals surface area contributed by atoms with E-state index < -0.39 is 11.9 Å². The van der Waals surface area contributed by atoms with Gasteiger partial charge in [0.25, 0.3) is 0 Å². The van der Waals surface area contributed by atoms with Crippen LogP contribution in [0.1, 0.15) is 11.4 Å². The van der Waals surface area contributed by atoms with Gasteiger partial charge in [-0.3, -0.25) is 9.97 Å². The van der Waals surface area contributed by atoms with Crippen LogP contribution < -0.4 is 20.8 Å². The molecule has 0 aliphatic rings. The van der Waals surface area contributed by atoms with Crippen molar-refractivity contribution in [2.75, 3.05) is 26.7 Å². The first-order valence-corrected chi connectivity index (χ1v) is 19.1. The zero-order valence-corrected chi connectivity index (χ0v) is 31.3. The predicted molar refractivity (Wildman–Crippen MR) is 190 cm³/mol. The van der Waals surface area contributed by atoms with E-state index in [1.165, 1.54) is 16.8 Å². The summed E-state index contributed by atoms with van der Waals surface area (Å²) in [5.74, 6) is 0. The van der Waals surface area contributed by atoms with E-state index in [1.807, 2.05) is 31.2 Å². The molecule has 0 N–H and O–H groups in total. The quantitative estimate of drug-likeness (QED) is 0.145. The average Bonchev–Trinajstić information content (AvgIpc) is 3.74. The minimum absolute atomic E-state index is 0. The fourth-order valence-electron chi connectivity index (χ4n) is 3.64. The predicted octanol–water partition coefficient (Wildman–Crippen LogP) is 6.72. The van der Waals surface area contributed by atoms with Crippen molar-refractivity contribution in [3.8, 4) is 22.8 Å². The van der Waals surface area contributed by atoms with Gasteiger partial charge < -0.3 is 20.4 Å². The van der Waals surface area contributed by atoms with Crippen molar-refractivity contribution in [3.05, 3.63) is 133 Å². The molecule has 2 aromatic carbocycles. The molecular weight excluding hydrogens is 812 g/mol. The summed E-state index contributed by atoms with van der Waals surface area (Å²) in [6.45, 7) is 11.1. The average molecular weight is 850 g/mol. The van der Waals surface area contributed by atoms with Crippen molar-refractivity contribution in [2.45, 2.75) is 13.1 Å². The molecule has 0 atom stereocenters. The fraction of sp³-hybridized carbons (Fsp3) is 0.176. The van der Waals surface area contributed by atoms with E-state index in [0.717, 1.165) is 23.1 Å². The third-order valence-electron chi connectivity index (χ3n) is 6.05. The molecule has 4 aromatic heterocycles. The van der Waals surface area contributed by atoms with Crippen LogP contribution in [0.4, 0.5) is 13.2 Å². The Kier molecular flexibility index (Phi) is 18.9. The van der Waals surface area contributed by atoms with Crippen LogP contribution in [-0.2, 0) is 26.0 Å². The number of aryl methyl sites for hydroxylation is 1. The molecule has 0 bridgehead atoms. The Balaban J connectivity index is 0.000000316. The van der Waals surface area contributed by atoms with Gasteiger partial charge in [0.15, 0.2) is 0 Å². The molecule has 6 nitrogen and oxygen atoms in total. The summed E-state index contributed by atoms with van der Waals surface area (Å²) in [7, 11) is -0.424. The minimum atomic E-state index is -4.46. The van der Waals surface area contributed by atoms with Crippen LogP contribution in [0, 0.1) is 6.92 Å². The summed E-state index contributed by atoms with van der Waals surface area (Å²) >= 11 is 0. The number of nitrogens with zero attached hydrogens (tertiary/aromatic N) is 6. The first-order valence-electron chi connectivity index (χ1n) is 14.1. The summed E-state index contributed by atoms with van der Waals surface area (Å²) in [5.41, 5.74) is 2.15. The van der Waals surface area contributed by atoms with E-state index >= 15 is 0 Å². The second kappa shape index (κ2) is 21.4. The van der Waals surface area contributed by atoms with E-state index in [2.05, 4.69) is 118 Å². The number of rotatable bonds is 4. The molecule has 47 heavy (non-hydrogen) atoms. The molecule has 0 saturated heterocycles. The first kappa shape index (κ1) is 41.5. The SMILES string of the molecule is C[PH+](C)c1ccccc1.C[PH+](C)c1ccccc1.Cc1cc(-c2ccccn2)[n-]n1.FC(F)(F)c1cc(-c2ccccn2)[n-]n1.[B].[Os+2]. The maximum absolute atomic E-state index is 12.2. The van der Waals surface area contributed by atoms with Crippen LogP contribution in [0.5, 0.6) is 0 Å². The number of hydrogen-bond acceptors (Lipinski definition) is 4. The fourth-order valence-corrected chi connectivity index (χ4v) is 5.36.